The number of likely N-dealkylation sites (tertiary alicyclic amines) is 1. The SMILES string of the molecule is CC(C)(C)C(CCN)CCC(=O)N1CCCC(CO)C1. The molecule has 0 aromatic rings. The van der Waals surface area contributed by atoms with Crippen molar-refractivity contribution < 1.29 is 9.90 Å². The molecule has 118 valence electrons. The number of carbonyl (C=O) groups is 1. The molecule has 0 bridgehead atoms. The summed E-state index contributed by atoms with van der Waals surface area (Å²) in [5, 5.41) is 9.23. The zero-order chi connectivity index (χ0) is 15.2. The van der Waals surface area contributed by atoms with Crippen LogP contribution in [-0.2, 0) is 4.79 Å². The van der Waals surface area contributed by atoms with Crippen LogP contribution in [-0.4, -0.2) is 42.2 Å². The van der Waals surface area contributed by atoms with Crippen molar-refractivity contribution in [1.29, 1.82) is 0 Å². The molecule has 4 nitrogen and oxygen atoms in total. The third-order valence-electron chi connectivity index (χ3n) is 4.58. The Morgan fingerprint density at radius 2 is 2.10 bits per heavy atom. The predicted molar refractivity (Wildman–Crippen MR) is 82.2 cm³/mol. The van der Waals surface area contributed by atoms with Crippen molar-refractivity contribution in [2.75, 3.05) is 26.2 Å². The number of piperidine rings is 1. The normalized spacial score (nSPS) is 21.9. The molecule has 0 aromatic heterocycles. The van der Waals surface area contributed by atoms with Gasteiger partial charge in [-0.2, -0.15) is 0 Å². The second-order valence-electron chi connectivity index (χ2n) is 7.21. The first-order valence-corrected chi connectivity index (χ1v) is 7.97. The molecule has 1 amide bonds. The Balaban J connectivity index is 2.44. The van der Waals surface area contributed by atoms with Crippen molar-refractivity contribution in [1.82, 2.24) is 4.90 Å². The van der Waals surface area contributed by atoms with E-state index in [2.05, 4.69) is 20.8 Å². The summed E-state index contributed by atoms with van der Waals surface area (Å²) in [6, 6.07) is 0. The molecule has 0 radical (unpaired) electrons. The van der Waals surface area contributed by atoms with Crippen molar-refractivity contribution in [3.8, 4) is 0 Å². The van der Waals surface area contributed by atoms with Gasteiger partial charge in [-0.1, -0.05) is 20.8 Å². The highest BCUT2D eigenvalue weighted by atomic mass is 16.3. The predicted octanol–water partition coefficient (Wildman–Crippen LogP) is 2.01. The maximum absolute atomic E-state index is 12.3. The number of amides is 1. The number of nitrogens with zero attached hydrogens (tertiary/aromatic N) is 1. The third-order valence-corrected chi connectivity index (χ3v) is 4.58. The fourth-order valence-electron chi connectivity index (χ4n) is 3.11. The van der Waals surface area contributed by atoms with Gasteiger partial charge in [-0.15, -0.1) is 0 Å². The summed E-state index contributed by atoms with van der Waals surface area (Å²) in [5.74, 6) is 1.01. The van der Waals surface area contributed by atoms with Gasteiger partial charge in [0, 0.05) is 26.1 Å². The molecule has 2 atom stereocenters. The molecule has 1 heterocycles. The van der Waals surface area contributed by atoms with Crippen LogP contribution in [0.1, 0.15) is 52.9 Å². The van der Waals surface area contributed by atoms with Crippen LogP contribution >= 0.6 is 0 Å². The van der Waals surface area contributed by atoms with Crippen molar-refractivity contribution in [2.24, 2.45) is 23.0 Å². The first-order chi connectivity index (χ1) is 9.38. The number of aliphatic hydroxyl groups excluding tert-OH is 1. The van der Waals surface area contributed by atoms with Crippen LogP contribution in [0.3, 0.4) is 0 Å². The second kappa shape index (κ2) is 7.99. The van der Waals surface area contributed by atoms with Crippen LogP contribution in [0.4, 0.5) is 0 Å². The van der Waals surface area contributed by atoms with E-state index < -0.39 is 0 Å². The van der Waals surface area contributed by atoms with Gasteiger partial charge in [0.25, 0.3) is 0 Å². The first kappa shape index (κ1) is 17.4. The maximum atomic E-state index is 12.3. The molecule has 1 aliphatic rings. The minimum Gasteiger partial charge on any atom is -0.396 e. The molecule has 0 spiro atoms. The van der Waals surface area contributed by atoms with Gasteiger partial charge < -0.3 is 15.7 Å². The highest BCUT2D eigenvalue weighted by molar-refractivity contribution is 5.76. The average Bonchev–Trinajstić information content (AvgIpc) is 2.41. The third kappa shape index (κ3) is 5.41. The molecule has 20 heavy (non-hydrogen) atoms. The molecular formula is C16H32N2O2. The second-order valence-corrected chi connectivity index (χ2v) is 7.21. The van der Waals surface area contributed by atoms with Gasteiger partial charge >= 0.3 is 0 Å². The fraction of sp³-hybridized carbons (Fsp3) is 0.938. The minimum absolute atomic E-state index is 0.196. The van der Waals surface area contributed by atoms with Gasteiger partial charge in [0.05, 0.1) is 0 Å². The quantitative estimate of drug-likeness (QED) is 0.784. The highest BCUT2D eigenvalue weighted by Gasteiger charge is 2.27. The van der Waals surface area contributed by atoms with Crippen molar-refractivity contribution in [3.63, 3.8) is 0 Å². The van der Waals surface area contributed by atoms with E-state index in [-0.39, 0.29) is 23.8 Å². The Hall–Kier alpha value is -0.610. The van der Waals surface area contributed by atoms with Gasteiger partial charge in [0.2, 0.25) is 5.91 Å². The van der Waals surface area contributed by atoms with E-state index in [9.17, 15) is 9.90 Å². The Kier molecular flexibility index (Phi) is 6.96. The molecule has 2 unspecified atom stereocenters. The van der Waals surface area contributed by atoms with E-state index >= 15 is 0 Å². The van der Waals surface area contributed by atoms with Crippen LogP contribution in [0, 0.1) is 17.3 Å². The Morgan fingerprint density at radius 3 is 2.65 bits per heavy atom. The van der Waals surface area contributed by atoms with Gasteiger partial charge in [-0.3, -0.25) is 4.79 Å². The first-order valence-electron chi connectivity index (χ1n) is 7.97. The Labute approximate surface area is 123 Å². The highest BCUT2D eigenvalue weighted by Crippen LogP contribution is 2.32. The van der Waals surface area contributed by atoms with E-state index in [0.29, 0.717) is 18.9 Å². The van der Waals surface area contributed by atoms with Crippen LogP contribution < -0.4 is 5.73 Å². The van der Waals surface area contributed by atoms with Gasteiger partial charge in [-0.05, 0) is 49.5 Å². The lowest BCUT2D eigenvalue weighted by molar-refractivity contribution is -0.133. The number of nitrogens with two attached hydrogens (primary N) is 1. The van der Waals surface area contributed by atoms with Crippen LogP contribution in [0.25, 0.3) is 0 Å². The van der Waals surface area contributed by atoms with Crippen molar-refractivity contribution >= 4 is 5.91 Å². The lowest BCUT2D eigenvalue weighted by Gasteiger charge is -2.34. The average molecular weight is 284 g/mol. The maximum Gasteiger partial charge on any atom is 0.222 e. The summed E-state index contributed by atoms with van der Waals surface area (Å²) in [5.41, 5.74) is 5.89. The minimum atomic E-state index is 0.196. The number of aliphatic hydroxyl groups is 1. The molecular weight excluding hydrogens is 252 g/mol. The molecule has 4 heteroatoms. The summed E-state index contributed by atoms with van der Waals surface area (Å²) < 4.78 is 0. The van der Waals surface area contributed by atoms with Crippen LogP contribution in [0.15, 0.2) is 0 Å². The van der Waals surface area contributed by atoms with E-state index in [1.165, 1.54) is 0 Å². The largest absolute Gasteiger partial charge is 0.396 e. The molecule has 0 aromatic carbocycles. The summed E-state index contributed by atoms with van der Waals surface area (Å²) in [6.07, 6.45) is 4.57. The number of rotatable bonds is 6. The summed E-state index contributed by atoms with van der Waals surface area (Å²) in [6.45, 7) is 9.13. The molecule has 3 N–H and O–H groups in total. The smallest absolute Gasteiger partial charge is 0.222 e. The van der Waals surface area contributed by atoms with Crippen molar-refractivity contribution in [3.05, 3.63) is 0 Å². The molecule has 1 saturated heterocycles. The lowest BCUT2D eigenvalue weighted by Crippen LogP contribution is -2.41. The summed E-state index contributed by atoms with van der Waals surface area (Å²) >= 11 is 0. The molecule has 0 saturated carbocycles. The molecule has 1 rings (SSSR count). The monoisotopic (exact) mass is 284 g/mol. The van der Waals surface area contributed by atoms with Crippen LogP contribution in [0.2, 0.25) is 0 Å². The standard InChI is InChI=1S/C16H32N2O2/c1-16(2,3)14(8-9-17)6-7-15(20)18-10-4-5-13(11-18)12-19/h13-14,19H,4-12,17H2,1-3H3. The molecule has 0 aliphatic carbocycles. The number of carbonyl (C=O) groups excluding carboxylic acids is 1. The number of hydrogen-bond donors (Lipinski definition) is 2. The van der Waals surface area contributed by atoms with Gasteiger partial charge in [0.1, 0.15) is 0 Å². The Morgan fingerprint density at radius 1 is 1.40 bits per heavy atom. The van der Waals surface area contributed by atoms with E-state index in [0.717, 1.165) is 38.8 Å². The zero-order valence-electron chi connectivity index (χ0n) is 13.4. The Bertz CT molecular complexity index is 299. The summed E-state index contributed by atoms with van der Waals surface area (Å²) in [4.78, 5) is 14.2. The fourth-order valence-corrected chi connectivity index (χ4v) is 3.11. The van der Waals surface area contributed by atoms with E-state index in [4.69, 9.17) is 5.73 Å². The summed E-state index contributed by atoms with van der Waals surface area (Å²) in [7, 11) is 0. The van der Waals surface area contributed by atoms with E-state index in [1.807, 2.05) is 4.90 Å². The van der Waals surface area contributed by atoms with Gasteiger partial charge in [-0.25, -0.2) is 0 Å². The molecule has 1 fully saturated rings. The number of hydrogen-bond acceptors (Lipinski definition) is 3. The topological polar surface area (TPSA) is 66.6 Å². The zero-order valence-corrected chi connectivity index (χ0v) is 13.4. The van der Waals surface area contributed by atoms with Crippen LogP contribution in [0.5, 0.6) is 0 Å². The van der Waals surface area contributed by atoms with Crippen molar-refractivity contribution in [2.45, 2.75) is 52.9 Å². The van der Waals surface area contributed by atoms with Gasteiger partial charge in [0.15, 0.2) is 0 Å². The van der Waals surface area contributed by atoms with E-state index in [1.54, 1.807) is 0 Å². The lowest BCUT2D eigenvalue weighted by atomic mass is 9.76. The molecule has 1 aliphatic heterocycles.